The normalized spacial score (nSPS) is 16.3. The van der Waals surface area contributed by atoms with Crippen LogP contribution in [0, 0.1) is 6.57 Å². The first-order chi connectivity index (χ1) is 15.2. The van der Waals surface area contributed by atoms with Crippen LogP contribution < -0.4 is 10.2 Å². The molecule has 0 aliphatic carbocycles. The summed E-state index contributed by atoms with van der Waals surface area (Å²) < 4.78 is 30.0. The van der Waals surface area contributed by atoms with Crippen LogP contribution in [0.2, 0.25) is 0 Å². The minimum absolute atomic E-state index is 0.0721. The average Bonchev–Trinajstić information content (AvgIpc) is 2.74. The molecular weight excluding hydrogens is 432 g/mol. The molecule has 1 saturated heterocycles. The van der Waals surface area contributed by atoms with E-state index >= 15 is 0 Å². The molecule has 1 aromatic heterocycles. The third-order valence-corrected chi connectivity index (χ3v) is 6.12. The molecule has 1 fully saturated rings. The molecule has 0 unspecified atom stereocenters. The molecule has 32 heavy (non-hydrogen) atoms. The van der Waals surface area contributed by atoms with Gasteiger partial charge in [0.1, 0.15) is 11.6 Å². The van der Waals surface area contributed by atoms with Gasteiger partial charge in [-0.25, -0.2) is 29.8 Å². The van der Waals surface area contributed by atoms with Gasteiger partial charge in [-0.3, -0.25) is 4.85 Å². The highest BCUT2D eigenvalue weighted by Gasteiger charge is 2.24. The predicted molar refractivity (Wildman–Crippen MR) is 122 cm³/mol. The SMILES string of the molecule is [C-]#[N+]CS(=O)(=O)Cc1cc(N2CCOC[C@@H]2C)nc(-c2ccc(NC(=O)N(C)C)cc2)n1. The first-order valence-corrected chi connectivity index (χ1v) is 11.9. The lowest BCUT2D eigenvalue weighted by Gasteiger charge is -2.34. The number of carbonyl (C=O) groups is 1. The Hall–Kier alpha value is -3.23. The van der Waals surface area contributed by atoms with Crippen molar-refractivity contribution in [2.45, 2.75) is 18.7 Å². The van der Waals surface area contributed by atoms with Gasteiger partial charge < -0.3 is 19.9 Å². The number of aromatic nitrogens is 2. The van der Waals surface area contributed by atoms with Crippen molar-refractivity contribution in [1.82, 2.24) is 14.9 Å². The molecule has 10 nitrogen and oxygen atoms in total. The molecule has 0 spiro atoms. The van der Waals surface area contributed by atoms with Crippen LogP contribution in [0.15, 0.2) is 30.3 Å². The molecule has 3 rings (SSSR count). The largest absolute Gasteiger partial charge is 0.377 e. The monoisotopic (exact) mass is 458 g/mol. The number of nitrogens with one attached hydrogen (secondary N) is 1. The molecule has 2 aromatic rings. The van der Waals surface area contributed by atoms with Crippen molar-refractivity contribution in [3.05, 3.63) is 47.4 Å². The Morgan fingerprint density at radius 1 is 1.31 bits per heavy atom. The zero-order chi connectivity index (χ0) is 23.3. The van der Waals surface area contributed by atoms with Crippen LogP contribution in [0.3, 0.4) is 0 Å². The standard InChI is InChI=1S/C21H26N6O4S/c1-15-12-31-10-9-27(15)19-11-18(13-32(29,30)14-22-2)23-20(25-19)16-5-7-17(8-6-16)24-21(28)26(3)4/h5-8,11,15H,9-10,12-14H2,1,3-4H3,(H,24,28)/t15-/m0/s1. The number of urea groups is 1. The Kier molecular flexibility index (Phi) is 7.27. The Morgan fingerprint density at radius 3 is 2.66 bits per heavy atom. The minimum atomic E-state index is -3.61. The Balaban J connectivity index is 1.96. The summed E-state index contributed by atoms with van der Waals surface area (Å²) in [6.07, 6.45) is 0. The smallest absolute Gasteiger partial charge is 0.321 e. The molecule has 0 saturated carbocycles. The van der Waals surface area contributed by atoms with Crippen LogP contribution in [0.1, 0.15) is 12.6 Å². The molecule has 0 bridgehead atoms. The van der Waals surface area contributed by atoms with Gasteiger partial charge in [-0.05, 0) is 31.2 Å². The molecule has 170 valence electrons. The second kappa shape index (κ2) is 9.93. The summed E-state index contributed by atoms with van der Waals surface area (Å²) >= 11 is 0. The molecule has 1 N–H and O–H groups in total. The van der Waals surface area contributed by atoms with Gasteiger partial charge in [-0.2, -0.15) is 0 Å². The summed E-state index contributed by atoms with van der Waals surface area (Å²) in [6.45, 7) is 10.6. The number of anilines is 2. The Bertz CT molecular complexity index is 1110. The second-order valence-corrected chi connectivity index (χ2v) is 9.77. The van der Waals surface area contributed by atoms with E-state index < -0.39 is 15.7 Å². The van der Waals surface area contributed by atoms with Gasteiger partial charge in [0.05, 0.1) is 24.9 Å². The van der Waals surface area contributed by atoms with Gasteiger partial charge >= 0.3 is 11.9 Å². The van der Waals surface area contributed by atoms with E-state index in [1.807, 2.05) is 6.92 Å². The highest BCUT2D eigenvalue weighted by Crippen LogP contribution is 2.25. The highest BCUT2D eigenvalue weighted by atomic mass is 32.2. The number of benzene rings is 1. The number of ether oxygens (including phenoxy) is 1. The van der Waals surface area contributed by atoms with Gasteiger partial charge in [-0.1, -0.05) is 0 Å². The molecule has 2 heterocycles. The van der Waals surface area contributed by atoms with Crippen molar-refractivity contribution in [1.29, 1.82) is 0 Å². The number of sulfone groups is 1. The van der Waals surface area contributed by atoms with Crippen LogP contribution in [0.25, 0.3) is 16.2 Å². The molecule has 1 aliphatic rings. The van der Waals surface area contributed by atoms with Gasteiger partial charge in [-0.15, -0.1) is 0 Å². The topological polar surface area (TPSA) is 109 Å². The zero-order valence-corrected chi connectivity index (χ0v) is 19.1. The number of hydrogen-bond donors (Lipinski definition) is 1. The van der Waals surface area contributed by atoms with Crippen molar-refractivity contribution >= 4 is 27.4 Å². The quantitative estimate of drug-likeness (QED) is 0.661. The molecule has 1 atom stereocenters. The maximum absolute atomic E-state index is 12.3. The van der Waals surface area contributed by atoms with E-state index in [9.17, 15) is 13.2 Å². The molecule has 11 heteroatoms. The second-order valence-electron chi connectivity index (χ2n) is 7.74. The fraction of sp³-hybridized carbons (Fsp3) is 0.429. The molecule has 1 aromatic carbocycles. The van der Waals surface area contributed by atoms with E-state index in [1.165, 1.54) is 4.90 Å². The minimum Gasteiger partial charge on any atom is -0.377 e. The fourth-order valence-electron chi connectivity index (χ4n) is 3.21. The van der Waals surface area contributed by atoms with Crippen molar-refractivity contribution < 1.29 is 17.9 Å². The number of nitrogens with zero attached hydrogens (tertiary/aromatic N) is 5. The van der Waals surface area contributed by atoms with Crippen LogP contribution in [-0.2, 0) is 20.3 Å². The molecule has 2 amide bonds. The number of hydrogen-bond acceptors (Lipinski definition) is 7. The van der Waals surface area contributed by atoms with Crippen LogP contribution in [-0.4, -0.2) is 75.1 Å². The molecule has 1 aliphatic heterocycles. The molecule has 0 radical (unpaired) electrons. The van der Waals surface area contributed by atoms with E-state index in [2.05, 4.69) is 25.0 Å². The Labute approximate surface area is 188 Å². The zero-order valence-electron chi connectivity index (χ0n) is 18.3. The van der Waals surface area contributed by atoms with Crippen molar-refractivity contribution in [2.24, 2.45) is 0 Å². The average molecular weight is 459 g/mol. The predicted octanol–water partition coefficient (Wildman–Crippen LogP) is 2.25. The third-order valence-electron chi connectivity index (χ3n) is 4.86. The summed E-state index contributed by atoms with van der Waals surface area (Å²) in [5, 5.41) is 2.76. The van der Waals surface area contributed by atoms with E-state index in [1.54, 1.807) is 44.4 Å². The summed E-state index contributed by atoms with van der Waals surface area (Å²) in [4.78, 5) is 27.5. The summed E-state index contributed by atoms with van der Waals surface area (Å²) in [7, 11) is -0.309. The summed E-state index contributed by atoms with van der Waals surface area (Å²) in [5.41, 5.74) is 1.63. The van der Waals surface area contributed by atoms with Crippen molar-refractivity contribution in [3.63, 3.8) is 0 Å². The van der Waals surface area contributed by atoms with Crippen molar-refractivity contribution in [2.75, 3.05) is 49.9 Å². The molecular formula is C21H26N6O4S. The highest BCUT2D eigenvalue weighted by molar-refractivity contribution is 7.90. The number of carbonyl (C=O) groups excluding carboxylic acids is 1. The summed E-state index contributed by atoms with van der Waals surface area (Å²) in [5.74, 6) is 0.0623. The van der Waals surface area contributed by atoms with Gasteiger partial charge in [0.25, 0.3) is 0 Å². The lowest BCUT2D eigenvalue weighted by Crippen LogP contribution is -2.44. The van der Waals surface area contributed by atoms with Crippen LogP contribution in [0.5, 0.6) is 0 Å². The van der Waals surface area contributed by atoms with Crippen molar-refractivity contribution in [3.8, 4) is 11.4 Å². The van der Waals surface area contributed by atoms with E-state index in [-0.39, 0.29) is 17.8 Å². The first-order valence-electron chi connectivity index (χ1n) is 10.0. The lowest BCUT2D eigenvalue weighted by molar-refractivity contribution is 0.0985. The number of amides is 2. The van der Waals surface area contributed by atoms with Gasteiger partial charge in [0, 0.05) is 38.0 Å². The number of rotatable bonds is 6. The maximum Gasteiger partial charge on any atom is 0.321 e. The van der Waals surface area contributed by atoms with E-state index in [4.69, 9.17) is 11.3 Å². The maximum atomic E-state index is 12.3. The van der Waals surface area contributed by atoms with Gasteiger partial charge in [0.2, 0.25) is 9.84 Å². The first kappa shape index (κ1) is 23.4. The lowest BCUT2D eigenvalue weighted by atomic mass is 10.2. The fourth-order valence-corrected chi connectivity index (χ4v) is 4.09. The van der Waals surface area contributed by atoms with Crippen LogP contribution in [0.4, 0.5) is 16.3 Å². The van der Waals surface area contributed by atoms with E-state index in [0.717, 1.165) is 0 Å². The Morgan fingerprint density at radius 2 is 2.03 bits per heavy atom. The summed E-state index contributed by atoms with van der Waals surface area (Å²) in [6, 6.07) is 8.50. The number of morpholine rings is 1. The van der Waals surface area contributed by atoms with Gasteiger partial charge in [0.15, 0.2) is 5.82 Å². The van der Waals surface area contributed by atoms with E-state index in [0.29, 0.717) is 48.3 Å². The third kappa shape index (κ3) is 5.93. The van der Waals surface area contributed by atoms with Crippen LogP contribution >= 0.6 is 0 Å².